The van der Waals surface area contributed by atoms with Crippen molar-refractivity contribution in [2.75, 3.05) is 11.5 Å². The lowest BCUT2D eigenvalue weighted by Crippen LogP contribution is -2.56. The molecule has 0 bridgehead atoms. The van der Waals surface area contributed by atoms with E-state index in [-0.39, 0.29) is 29.5 Å². The molecule has 3 unspecified atom stereocenters. The monoisotopic (exact) mass is 314 g/mol. The highest BCUT2D eigenvalue weighted by Gasteiger charge is 2.35. The predicted molar refractivity (Wildman–Crippen MR) is 81.7 cm³/mol. The SMILES string of the molecule is O=C(NC1CCS(=O)(=O)CC1)C1CCC2CCCCC2N1. The highest BCUT2D eigenvalue weighted by atomic mass is 32.2. The third-order valence-electron chi connectivity index (χ3n) is 5.37. The Labute approximate surface area is 127 Å². The number of carbonyl (C=O) groups is 1. The minimum atomic E-state index is -2.86. The molecule has 1 amide bonds. The van der Waals surface area contributed by atoms with Gasteiger partial charge in [0.05, 0.1) is 17.5 Å². The van der Waals surface area contributed by atoms with Gasteiger partial charge in [-0.15, -0.1) is 0 Å². The first kappa shape index (κ1) is 15.3. The molecule has 0 aromatic rings. The molecular weight excluding hydrogens is 288 g/mol. The van der Waals surface area contributed by atoms with Gasteiger partial charge in [-0.1, -0.05) is 12.8 Å². The maximum absolute atomic E-state index is 12.4. The number of carbonyl (C=O) groups excluding carboxylic acids is 1. The Morgan fingerprint density at radius 3 is 2.43 bits per heavy atom. The molecule has 6 heteroatoms. The lowest BCUT2D eigenvalue weighted by molar-refractivity contribution is -0.125. The topological polar surface area (TPSA) is 75.3 Å². The van der Waals surface area contributed by atoms with Crippen LogP contribution >= 0.6 is 0 Å². The Hall–Kier alpha value is -0.620. The van der Waals surface area contributed by atoms with E-state index in [9.17, 15) is 13.2 Å². The molecule has 3 aliphatic rings. The van der Waals surface area contributed by atoms with E-state index >= 15 is 0 Å². The lowest BCUT2D eigenvalue weighted by Gasteiger charge is -2.40. The van der Waals surface area contributed by atoms with Crippen molar-refractivity contribution in [3.05, 3.63) is 0 Å². The van der Waals surface area contributed by atoms with Crippen molar-refractivity contribution in [2.24, 2.45) is 5.92 Å². The summed E-state index contributed by atoms with van der Waals surface area (Å²) in [6.45, 7) is 0. The maximum Gasteiger partial charge on any atom is 0.237 e. The zero-order valence-electron chi connectivity index (χ0n) is 12.5. The van der Waals surface area contributed by atoms with Gasteiger partial charge >= 0.3 is 0 Å². The van der Waals surface area contributed by atoms with Crippen LogP contribution in [0.1, 0.15) is 51.4 Å². The van der Waals surface area contributed by atoms with E-state index in [1.54, 1.807) is 0 Å². The van der Waals surface area contributed by atoms with Gasteiger partial charge < -0.3 is 10.6 Å². The maximum atomic E-state index is 12.4. The fraction of sp³-hybridized carbons (Fsp3) is 0.933. The molecule has 21 heavy (non-hydrogen) atoms. The third-order valence-corrected chi connectivity index (χ3v) is 7.08. The Balaban J connectivity index is 1.49. The molecule has 0 aromatic heterocycles. The van der Waals surface area contributed by atoms with E-state index in [1.807, 2.05) is 0 Å². The molecule has 2 saturated heterocycles. The fourth-order valence-electron chi connectivity index (χ4n) is 4.04. The number of rotatable bonds is 2. The zero-order chi connectivity index (χ0) is 14.9. The van der Waals surface area contributed by atoms with Crippen LogP contribution in [-0.4, -0.2) is 44.0 Å². The normalized spacial score (nSPS) is 36.7. The van der Waals surface area contributed by atoms with Crippen LogP contribution in [0.3, 0.4) is 0 Å². The number of hydrogen-bond donors (Lipinski definition) is 2. The average molecular weight is 314 g/mol. The minimum absolute atomic E-state index is 0.0342. The van der Waals surface area contributed by atoms with Gasteiger partial charge in [0, 0.05) is 12.1 Å². The molecule has 0 radical (unpaired) electrons. The summed E-state index contributed by atoms with van der Waals surface area (Å²) in [5, 5.41) is 6.59. The van der Waals surface area contributed by atoms with Crippen molar-refractivity contribution in [1.29, 1.82) is 0 Å². The van der Waals surface area contributed by atoms with Crippen LogP contribution < -0.4 is 10.6 Å². The summed E-state index contributed by atoms with van der Waals surface area (Å²) >= 11 is 0. The molecule has 0 aromatic carbocycles. The first-order valence-electron chi connectivity index (χ1n) is 8.30. The lowest BCUT2D eigenvalue weighted by atomic mass is 9.77. The molecule has 0 spiro atoms. The smallest absolute Gasteiger partial charge is 0.237 e. The van der Waals surface area contributed by atoms with Gasteiger partial charge in [-0.25, -0.2) is 8.42 Å². The molecule has 3 atom stereocenters. The van der Waals surface area contributed by atoms with Gasteiger partial charge in [-0.2, -0.15) is 0 Å². The molecular formula is C15H26N2O3S. The van der Waals surface area contributed by atoms with Crippen LogP contribution in [0, 0.1) is 5.92 Å². The molecule has 2 N–H and O–H groups in total. The van der Waals surface area contributed by atoms with Gasteiger partial charge in [-0.05, 0) is 44.4 Å². The fourth-order valence-corrected chi connectivity index (χ4v) is 5.53. The molecule has 3 rings (SSSR count). The van der Waals surface area contributed by atoms with E-state index in [1.165, 1.54) is 25.7 Å². The Morgan fingerprint density at radius 2 is 1.67 bits per heavy atom. The van der Waals surface area contributed by atoms with Crippen molar-refractivity contribution in [1.82, 2.24) is 10.6 Å². The van der Waals surface area contributed by atoms with E-state index in [0.717, 1.165) is 18.8 Å². The summed E-state index contributed by atoms with van der Waals surface area (Å²) < 4.78 is 22.8. The molecule has 2 heterocycles. The molecule has 5 nitrogen and oxygen atoms in total. The largest absolute Gasteiger partial charge is 0.352 e. The van der Waals surface area contributed by atoms with Gasteiger partial charge in [-0.3, -0.25) is 4.79 Å². The van der Waals surface area contributed by atoms with Gasteiger partial charge in [0.25, 0.3) is 0 Å². The second-order valence-corrected chi connectivity index (χ2v) is 9.19. The predicted octanol–water partition coefficient (Wildman–Crippen LogP) is 0.991. The Kier molecular flexibility index (Phi) is 4.54. The highest BCUT2D eigenvalue weighted by molar-refractivity contribution is 7.91. The zero-order valence-corrected chi connectivity index (χ0v) is 13.3. The molecule has 3 fully saturated rings. The van der Waals surface area contributed by atoms with Crippen LogP contribution in [0.2, 0.25) is 0 Å². The quantitative estimate of drug-likeness (QED) is 0.797. The summed E-state index contributed by atoms with van der Waals surface area (Å²) in [6.07, 6.45) is 8.27. The second kappa shape index (κ2) is 6.24. The summed E-state index contributed by atoms with van der Waals surface area (Å²) in [5.41, 5.74) is 0. The minimum Gasteiger partial charge on any atom is -0.352 e. The molecule has 120 valence electrons. The number of sulfone groups is 1. The van der Waals surface area contributed by atoms with Crippen molar-refractivity contribution >= 4 is 15.7 Å². The Morgan fingerprint density at radius 1 is 0.952 bits per heavy atom. The van der Waals surface area contributed by atoms with Gasteiger partial charge in [0.1, 0.15) is 9.84 Å². The van der Waals surface area contributed by atoms with Gasteiger partial charge in [0.15, 0.2) is 0 Å². The highest BCUT2D eigenvalue weighted by Crippen LogP contribution is 2.32. The summed E-state index contributed by atoms with van der Waals surface area (Å²) in [7, 11) is -2.86. The molecule has 1 saturated carbocycles. The standard InChI is InChI=1S/C15H26N2O3S/c18-15(16-12-7-9-21(19,20)10-8-12)14-6-5-11-3-1-2-4-13(11)17-14/h11-14,17H,1-10H2,(H,16,18). The van der Waals surface area contributed by atoms with Crippen LogP contribution in [0.25, 0.3) is 0 Å². The number of amides is 1. The van der Waals surface area contributed by atoms with Gasteiger partial charge in [0.2, 0.25) is 5.91 Å². The van der Waals surface area contributed by atoms with E-state index in [2.05, 4.69) is 10.6 Å². The first-order valence-corrected chi connectivity index (χ1v) is 10.1. The summed E-state index contributed by atoms with van der Waals surface area (Å²) in [4.78, 5) is 12.4. The van der Waals surface area contributed by atoms with Crippen molar-refractivity contribution in [2.45, 2.75) is 69.5 Å². The number of fused-ring (bicyclic) bond motifs is 1. The third kappa shape index (κ3) is 3.77. The van der Waals surface area contributed by atoms with E-state index in [0.29, 0.717) is 18.9 Å². The average Bonchev–Trinajstić information content (AvgIpc) is 2.49. The van der Waals surface area contributed by atoms with Crippen LogP contribution in [0.5, 0.6) is 0 Å². The molecule has 1 aliphatic carbocycles. The first-order chi connectivity index (χ1) is 10.0. The Bertz CT molecular complexity index is 477. The van der Waals surface area contributed by atoms with Crippen LogP contribution in [0.15, 0.2) is 0 Å². The van der Waals surface area contributed by atoms with E-state index < -0.39 is 9.84 Å². The van der Waals surface area contributed by atoms with E-state index in [4.69, 9.17) is 0 Å². The second-order valence-electron chi connectivity index (χ2n) is 6.88. The van der Waals surface area contributed by atoms with Crippen LogP contribution in [-0.2, 0) is 14.6 Å². The van der Waals surface area contributed by atoms with Crippen LogP contribution in [0.4, 0.5) is 0 Å². The van der Waals surface area contributed by atoms with Crippen molar-refractivity contribution < 1.29 is 13.2 Å². The van der Waals surface area contributed by atoms with Crippen molar-refractivity contribution in [3.8, 4) is 0 Å². The van der Waals surface area contributed by atoms with Crippen molar-refractivity contribution in [3.63, 3.8) is 0 Å². The molecule has 2 aliphatic heterocycles. The number of hydrogen-bond acceptors (Lipinski definition) is 4. The number of piperidine rings is 1. The number of nitrogens with one attached hydrogen (secondary N) is 2. The summed E-state index contributed by atoms with van der Waals surface area (Å²) in [5.74, 6) is 1.24. The summed E-state index contributed by atoms with van der Waals surface area (Å²) in [6, 6.07) is 0.463.